The highest BCUT2D eigenvalue weighted by Gasteiger charge is 2.53. The number of carbonyl (C=O) groups is 1. The molecule has 16 nitrogen and oxygen atoms in total. The second kappa shape index (κ2) is 13.2. The number of carbonyl (C=O) groups excluding carboxylic acids is 1. The van der Waals surface area contributed by atoms with Crippen LogP contribution in [-0.4, -0.2) is 133 Å². The molecule has 2 heterocycles. The minimum Gasteiger partial charge on any atom is -0.466 e. The van der Waals surface area contributed by atoms with Gasteiger partial charge in [-0.1, -0.05) is 0 Å². The summed E-state index contributed by atoms with van der Waals surface area (Å²) in [4.78, 5) is 12.5. The fraction of sp³-hybridized carbons (Fsp3) is 0.880. The van der Waals surface area contributed by atoms with E-state index in [1.165, 1.54) is 14.0 Å². The maximum atomic E-state index is 12.5. The topological polar surface area (TPSA) is 251 Å². The summed E-state index contributed by atoms with van der Waals surface area (Å²) in [6, 6.07) is -3.66. The summed E-state index contributed by atoms with van der Waals surface area (Å²) in [5.74, 6) is 0.414. The molecule has 1 amide bonds. The van der Waals surface area contributed by atoms with Gasteiger partial charge in [0.05, 0.1) is 31.5 Å². The van der Waals surface area contributed by atoms with Crippen LogP contribution in [0, 0.1) is 0 Å². The molecule has 0 aromatic carbocycles. The SMILES string of the molecule is CN([C@@H]1[C@@H](O)[C@@H](O[C@@H]2[C@@H](O)[C@H](O[C@H]3OC(CN)=CC[C@H]3NC(=O)OC(C)(C)C)[C@@H](N)C[C@H]2N)OC[C@]1(C)O)S(C)(=O)=O. The molecule has 1 saturated carbocycles. The van der Waals surface area contributed by atoms with Gasteiger partial charge in [-0.15, -0.1) is 0 Å². The van der Waals surface area contributed by atoms with Crippen molar-refractivity contribution in [1.29, 1.82) is 0 Å². The van der Waals surface area contributed by atoms with Crippen LogP contribution in [0.15, 0.2) is 11.8 Å². The van der Waals surface area contributed by atoms with Gasteiger partial charge in [-0.25, -0.2) is 13.2 Å². The molecule has 0 aromatic heterocycles. The summed E-state index contributed by atoms with van der Waals surface area (Å²) in [7, 11) is -2.60. The lowest BCUT2D eigenvalue weighted by molar-refractivity contribution is -0.308. The Hall–Kier alpha value is -1.64. The van der Waals surface area contributed by atoms with Crippen molar-refractivity contribution >= 4 is 16.1 Å². The van der Waals surface area contributed by atoms with Gasteiger partial charge in [-0.2, -0.15) is 4.31 Å². The number of likely N-dealkylation sites (N-methyl/N-ethyl adjacent to an activating group) is 1. The molecule has 42 heavy (non-hydrogen) atoms. The predicted molar refractivity (Wildman–Crippen MR) is 149 cm³/mol. The number of rotatable bonds is 8. The normalized spacial score (nSPS) is 39.8. The van der Waals surface area contributed by atoms with Crippen molar-refractivity contribution in [3.05, 3.63) is 11.8 Å². The van der Waals surface area contributed by atoms with Crippen LogP contribution in [0.3, 0.4) is 0 Å². The molecular weight excluding hydrogens is 578 g/mol. The maximum absolute atomic E-state index is 12.5. The predicted octanol–water partition coefficient (Wildman–Crippen LogP) is -2.61. The molecule has 2 fully saturated rings. The number of amides is 1. The van der Waals surface area contributed by atoms with Crippen molar-refractivity contribution in [2.75, 3.05) is 26.5 Å². The van der Waals surface area contributed by atoms with E-state index >= 15 is 0 Å². The molecule has 0 spiro atoms. The van der Waals surface area contributed by atoms with Gasteiger partial charge in [0, 0.05) is 19.1 Å². The Balaban J connectivity index is 1.78. The van der Waals surface area contributed by atoms with E-state index in [9.17, 15) is 28.5 Å². The molecule has 1 aliphatic carbocycles. The number of hydrogen-bond donors (Lipinski definition) is 7. The van der Waals surface area contributed by atoms with Crippen LogP contribution in [-0.2, 0) is 33.7 Å². The van der Waals surface area contributed by atoms with Gasteiger partial charge in [0.2, 0.25) is 16.3 Å². The summed E-state index contributed by atoms with van der Waals surface area (Å²) in [6.07, 6.45) is -5.61. The van der Waals surface area contributed by atoms with E-state index in [4.69, 9.17) is 40.9 Å². The molecule has 3 rings (SSSR count). The van der Waals surface area contributed by atoms with E-state index < -0.39 is 88.5 Å². The van der Waals surface area contributed by atoms with E-state index in [0.29, 0.717) is 12.2 Å². The Morgan fingerprint density at radius 3 is 2.26 bits per heavy atom. The summed E-state index contributed by atoms with van der Waals surface area (Å²) >= 11 is 0. The average Bonchev–Trinajstić information content (AvgIpc) is 2.84. The van der Waals surface area contributed by atoms with Gasteiger partial charge in [-0.3, -0.25) is 0 Å². The molecular formula is C25H47N5O11S. The standard InChI is InChI=1S/C25H47N5O11S/c1-24(2,3)41-23(33)29-15-8-7-12(10-26)38-21(15)39-18-13(27)9-14(28)19(16(18)31)40-22-17(32)20(25(4,34)11-37-22)30(5)42(6,35)36/h7,13-22,31-32,34H,8-11,26-28H2,1-6H3,(H,29,33)/t13-,14+,15+,16-,17+,18+,19-,20+,21+,22+,25-/m0/s1. The van der Waals surface area contributed by atoms with Gasteiger partial charge in [0.15, 0.2) is 6.29 Å². The van der Waals surface area contributed by atoms with Gasteiger partial charge >= 0.3 is 6.09 Å². The number of nitrogens with two attached hydrogens (primary N) is 3. The smallest absolute Gasteiger partial charge is 0.408 e. The highest BCUT2D eigenvalue weighted by molar-refractivity contribution is 7.88. The lowest BCUT2D eigenvalue weighted by Gasteiger charge is -2.49. The van der Waals surface area contributed by atoms with Crippen LogP contribution < -0.4 is 22.5 Å². The van der Waals surface area contributed by atoms with E-state index in [1.54, 1.807) is 26.8 Å². The number of alkyl carbamates (subject to hydrolysis) is 1. The fourth-order valence-electron chi connectivity index (χ4n) is 5.32. The summed E-state index contributed by atoms with van der Waals surface area (Å²) < 4.78 is 54.1. The van der Waals surface area contributed by atoms with E-state index in [1.807, 2.05) is 0 Å². The zero-order valence-electron chi connectivity index (χ0n) is 24.9. The molecule has 3 aliphatic rings. The molecule has 0 bridgehead atoms. The average molecular weight is 626 g/mol. The maximum Gasteiger partial charge on any atom is 0.408 e. The molecule has 10 N–H and O–H groups in total. The number of nitrogens with one attached hydrogen (secondary N) is 1. The van der Waals surface area contributed by atoms with Gasteiger partial charge in [0.1, 0.15) is 41.4 Å². The van der Waals surface area contributed by atoms with Crippen molar-refractivity contribution in [1.82, 2.24) is 9.62 Å². The second-order valence-corrected chi connectivity index (χ2v) is 14.4. The molecule has 0 aromatic rings. The number of nitrogens with zero attached hydrogens (tertiary/aromatic N) is 1. The Morgan fingerprint density at radius 1 is 1.17 bits per heavy atom. The minimum absolute atomic E-state index is 0.0681. The fourth-order valence-corrected chi connectivity index (χ4v) is 6.09. The van der Waals surface area contributed by atoms with Crippen molar-refractivity contribution in [3.63, 3.8) is 0 Å². The molecule has 0 radical (unpaired) electrons. The highest BCUT2D eigenvalue weighted by atomic mass is 32.2. The van der Waals surface area contributed by atoms with Crippen LogP contribution in [0.25, 0.3) is 0 Å². The first-order valence-electron chi connectivity index (χ1n) is 13.8. The number of aliphatic hydroxyl groups excluding tert-OH is 2. The number of hydrogen-bond acceptors (Lipinski definition) is 14. The first-order chi connectivity index (χ1) is 19.2. The van der Waals surface area contributed by atoms with Crippen LogP contribution in [0.5, 0.6) is 0 Å². The number of aliphatic hydroxyl groups is 3. The zero-order chi connectivity index (χ0) is 31.8. The van der Waals surface area contributed by atoms with Crippen LogP contribution in [0.1, 0.15) is 40.5 Å². The van der Waals surface area contributed by atoms with Gasteiger partial charge in [-0.05, 0) is 46.6 Å². The molecule has 11 atom stereocenters. The van der Waals surface area contributed by atoms with Gasteiger partial charge in [0.25, 0.3) is 0 Å². The quantitative estimate of drug-likeness (QED) is 0.146. The minimum atomic E-state index is -3.82. The van der Waals surface area contributed by atoms with E-state index in [-0.39, 0.29) is 19.6 Å². The Kier molecular flexibility index (Phi) is 10.9. The Morgan fingerprint density at radius 2 is 1.74 bits per heavy atom. The van der Waals surface area contributed by atoms with Crippen LogP contribution >= 0.6 is 0 Å². The van der Waals surface area contributed by atoms with E-state index in [2.05, 4.69) is 5.32 Å². The molecule has 0 unspecified atom stereocenters. The summed E-state index contributed by atoms with van der Waals surface area (Å²) in [6.45, 7) is 6.19. The third kappa shape index (κ3) is 8.29. The largest absolute Gasteiger partial charge is 0.466 e. The van der Waals surface area contributed by atoms with Crippen molar-refractivity contribution in [3.8, 4) is 0 Å². The third-order valence-electron chi connectivity index (χ3n) is 7.44. The Bertz CT molecular complexity index is 1090. The molecule has 244 valence electrons. The summed E-state index contributed by atoms with van der Waals surface area (Å²) in [5, 5.41) is 35.9. The monoisotopic (exact) mass is 625 g/mol. The van der Waals surface area contributed by atoms with Crippen LogP contribution in [0.2, 0.25) is 0 Å². The number of ether oxygens (including phenoxy) is 5. The zero-order valence-corrected chi connectivity index (χ0v) is 25.7. The van der Waals surface area contributed by atoms with Crippen molar-refractivity contribution in [2.45, 2.75) is 113 Å². The number of sulfonamides is 1. The van der Waals surface area contributed by atoms with Crippen molar-refractivity contribution < 1.29 is 52.2 Å². The highest BCUT2D eigenvalue weighted by Crippen LogP contribution is 2.33. The van der Waals surface area contributed by atoms with Crippen molar-refractivity contribution in [2.24, 2.45) is 17.2 Å². The van der Waals surface area contributed by atoms with Gasteiger partial charge < -0.3 is 61.5 Å². The molecule has 1 saturated heterocycles. The molecule has 17 heteroatoms. The first-order valence-corrected chi connectivity index (χ1v) is 15.6. The summed E-state index contributed by atoms with van der Waals surface area (Å²) in [5.41, 5.74) is 15.9. The molecule has 2 aliphatic heterocycles. The second-order valence-electron chi connectivity index (χ2n) is 12.4. The van der Waals surface area contributed by atoms with E-state index in [0.717, 1.165) is 10.6 Å². The van der Waals surface area contributed by atoms with Crippen LogP contribution in [0.4, 0.5) is 4.79 Å². The third-order valence-corrected chi connectivity index (χ3v) is 8.71. The lowest BCUT2D eigenvalue weighted by Crippen LogP contribution is -2.69. The Labute approximate surface area is 246 Å². The lowest BCUT2D eigenvalue weighted by atomic mass is 9.84. The first kappa shape index (κ1) is 34.8.